The van der Waals surface area contributed by atoms with E-state index in [1.54, 1.807) is 0 Å². The summed E-state index contributed by atoms with van der Waals surface area (Å²) in [7, 11) is 0. The lowest BCUT2D eigenvalue weighted by Crippen LogP contribution is -1.99. The van der Waals surface area contributed by atoms with Crippen LogP contribution in [0.25, 0.3) is 0 Å². The number of halogens is 1. The molecule has 0 fully saturated rings. The van der Waals surface area contributed by atoms with Gasteiger partial charge in [-0.15, -0.1) is 11.6 Å². The normalized spacial score (nSPS) is 17.1. The van der Waals surface area contributed by atoms with Crippen molar-refractivity contribution >= 4 is 11.6 Å². The Balaban J connectivity index is 2.30. The molecule has 2 heteroatoms. The highest BCUT2D eigenvalue weighted by atomic mass is 35.5. The summed E-state index contributed by atoms with van der Waals surface area (Å²) in [6.45, 7) is 0. The number of hydrogen-bond donors (Lipinski definition) is 1. The van der Waals surface area contributed by atoms with Crippen LogP contribution < -0.4 is 0 Å². The van der Waals surface area contributed by atoms with Gasteiger partial charge in [0.15, 0.2) is 0 Å². The van der Waals surface area contributed by atoms with E-state index in [9.17, 15) is 5.11 Å². The molecule has 1 aliphatic carbocycles. The molecule has 0 saturated carbocycles. The topological polar surface area (TPSA) is 20.2 Å². The number of hydrogen-bond acceptors (Lipinski definition) is 1. The minimum atomic E-state index is -0.507. The van der Waals surface area contributed by atoms with Crippen LogP contribution in [-0.4, -0.2) is 11.0 Å². The highest BCUT2D eigenvalue weighted by Crippen LogP contribution is 2.25. The van der Waals surface area contributed by atoms with Gasteiger partial charge in [0.05, 0.1) is 12.0 Å². The summed E-state index contributed by atoms with van der Waals surface area (Å²) in [4.78, 5) is 0. The second-order valence-corrected chi connectivity index (χ2v) is 3.86. The van der Waals surface area contributed by atoms with Crippen molar-refractivity contribution in [3.63, 3.8) is 0 Å². The Labute approximate surface area is 83.3 Å². The van der Waals surface area contributed by atoms with Gasteiger partial charge in [-0.05, 0) is 36.0 Å². The van der Waals surface area contributed by atoms with E-state index in [-0.39, 0.29) is 5.88 Å². The van der Waals surface area contributed by atoms with Crippen molar-refractivity contribution in [2.24, 2.45) is 0 Å². The third-order valence-electron chi connectivity index (χ3n) is 2.65. The van der Waals surface area contributed by atoms with Gasteiger partial charge in [0, 0.05) is 0 Å². The van der Waals surface area contributed by atoms with Crippen molar-refractivity contribution < 1.29 is 5.11 Å². The Morgan fingerprint density at radius 2 is 2.08 bits per heavy atom. The molecule has 0 amide bonds. The SMILES string of the molecule is OC(CCl)c1ccc2c(c1)CCC2. The molecule has 1 unspecified atom stereocenters. The smallest absolute Gasteiger partial charge is 0.0925 e. The first kappa shape index (κ1) is 9.04. The number of aryl methyl sites for hydroxylation is 2. The van der Waals surface area contributed by atoms with Crippen LogP contribution in [0.4, 0.5) is 0 Å². The first-order chi connectivity index (χ1) is 6.31. The van der Waals surface area contributed by atoms with Crippen LogP contribution in [0.3, 0.4) is 0 Å². The Kier molecular flexibility index (Phi) is 2.56. The molecule has 1 atom stereocenters. The second kappa shape index (κ2) is 3.69. The lowest BCUT2D eigenvalue weighted by atomic mass is 10.0. The molecule has 1 aromatic rings. The maximum Gasteiger partial charge on any atom is 0.0925 e. The lowest BCUT2D eigenvalue weighted by molar-refractivity contribution is 0.202. The zero-order valence-electron chi connectivity index (χ0n) is 7.46. The molecule has 0 radical (unpaired) electrons. The van der Waals surface area contributed by atoms with Crippen LogP contribution in [0, 0.1) is 0 Å². The Morgan fingerprint density at radius 1 is 1.31 bits per heavy atom. The van der Waals surface area contributed by atoms with E-state index < -0.39 is 6.10 Å². The number of alkyl halides is 1. The molecule has 1 N–H and O–H groups in total. The number of fused-ring (bicyclic) bond motifs is 1. The predicted molar refractivity (Wildman–Crippen MR) is 54.1 cm³/mol. The second-order valence-electron chi connectivity index (χ2n) is 3.55. The van der Waals surface area contributed by atoms with Gasteiger partial charge in [0.2, 0.25) is 0 Å². The standard InChI is InChI=1S/C11H13ClO/c12-7-11(13)10-5-4-8-2-1-3-9(8)6-10/h4-6,11,13H,1-3,7H2. The van der Waals surface area contributed by atoms with Gasteiger partial charge in [-0.25, -0.2) is 0 Å². The Morgan fingerprint density at radius 3 is 2.85 bits per heavy atom. The fourth-order valence-electron chi connectivity index (χ4n) is 1.89. The van der Waals surface area contributed by atoms with Crippen molar-refractivity contribution in [1.29, 1.82) is 0 Å². The maximum absolute atomic E-state index is 9.53. The van der Waals surface area contributed by atoms with Gasteiger partial charge in [-0.2, -0.15) is 0 Å². The number of rotatable bonds is 2. The monoisotopic (exact) mass is 196 g/mol. The van der Waals surface area contributed by atoms with E-state index in [4.69, 9.17) is 11.6 Å². The van der Waals surface area contributed by atoms with Crippen molar-refractivity contribution in [2.45, 2.75) is 25.4 Å². The van der Waals surface area contributed by atoms with Crippen molar-refractivity contribution in [1.82, 2.24) is 0 Å². The molecule has 70 valence electrons. The van der Waals surface area contributed by atoms with Crippen molar-refractivity contribution in [3.05, 3.63) is 34.9 Å². The van der Waals surface area contributed by atoms with E-state index >= 15 is 0 Å². The van der Waals surface area contributed by atoms with Gasteiger partial charge in [-0.1, -0.05) is 18.2 Å². The molecule has 13 heavy (non-hydrogen) atoms. The highest BCUT2D eigenvalue weighted by Gasteiger charge is 2.13. The molecule has 0 aromatic heterocycles. The van der Waals surface area contributed by atoms with Crippen LogP contribution in [0.5, 0.6) is 0 Å². The predicted octanol–water partition coefficient (Wildman–Crippen LogP) is 2.45. The Hall–Kier alpha value is -0.530. The highest BCUT2D eigenvalue weighted by molar-refractivity contribution is 6.18. The average molecular weight is 197 g/mol. The minimum absolute atomic E-state index is 0.277. The Bertz CT molecular complexity index is 309. The van der Waals surface area contributed by atoms with Crippen molar-refractivity contribution in [2.75, 3.05) is 5.88 Å². The average Bonchev–Trinajstić information content (AvgIpc) is 2.63. The molecule has 0 aliphatic heterocycles. The van der Waals surface area contributed by atoms with Gasteiger partial charge in [0.25, 0.3) is 0 Å². The summed E-state index contributed by atoms with van der Waals surface area (Å²) in [6.07, 6.45) is 3.08. The third-order valence-corrected chi connectivity index (χ3v) is 2.95. The van der Waals surface area contributed by atoms with Crippen molar-refractivity contribution in [3.8, 4) is 0 Å². The van der Waals surface area contributed by atoms with E-state index in [0.717, 1.165) is 12.0 Å². The summed E-state index contributed by atoms with van der Waals surface area (Å²) in [6, 6.07) is 6.19. The number of benzene rings is 1. The lowest BCUT2D eigenvalue weighted by Gasteiger charge is -2.08. The molecule has 1 aliphatic rings. The van der Waals surface area contributed by atoms with Crippen LogP contribution in [0.15, 0.2) is 18.2 Å². The molecule has 2 rings (SSSR count). The zero-order valence-corrected chi connectivity index (χ0v) is 8.22. The van der Waals surface area contributed by atoms with Crippen LogP contribution in [0.1, 0.15) is 29.2 Å². The fraction of sp³-hybridized carbons (Fsp3) is 0.455. The maximum atomic E-state index is 9.53. The summed E-state index contributed by atoms with van der Waals surface area (Å²) in [5, 5.41) is 9.53. The molecule has 0 heterocycles. The minimum Gasteiger partial charge on any atom is -0.387 e. The van der Waals surface area contributed by atoms with Crippen LogP contribution >= 0.6 is 11.6 Å². The first-order valence-electron chi connectivity index (χ1n) is 4.67. The third kappa shape index (κ3) is 1.72. The number of aliphatic hydroxyl groups is 1. The zero-order chi connectivity index (χ0) is 9.26. The van der Waals surface area contributed by atoms with Gasteiger partial charge < -0.3 is 5.11 Å². The molecule has 1 aromatic carbocycles. The summed E-state index contributed by atoms with van der Waals surface area (Å²) in [5.74, 6) is 0.277. The van der Waals surface area contributed by atoms with E-state index in [1.165, 1.54) is 24.0 Å². The number of aliphatic hydroxyl groups excluding tert-OH is 1. The van der Waals surface area contributed by atoms with Crippen LogP contribution in [0.2, 0.25) is 0 Å². The quantitative estimate of drug-likeness (QED) is 0.721. The largest absolute Gasteiger partial charge is 0.387 e. The van der Waals surface area contributed by atoms with Gasteiger partial charge >= 0.3 is 0 Å². The molecular weight excluding hydrogens is 184 g/mol. The molecule has 1 nitrogen and oxygen atoms in total. The summed E-state index contributed by atoms with van der Waals surface area (Å²) < 4.78 is 0. The summed E-state index contributed by atoms with van der Waals surface area (Å²) >= 11 is 5.59. The fourth-order valence-corrected chi connectivity index (χ4v) is 2.07. The van der Waals surface area contributed by atoms with Crippen LogP contribution in [-0.2, 0) is 12.8 Å². The molecular formula is C11H13ClO. The van der Waals surface area contributed by atoms with E-state index in [2.05, 4.69) is 12.1 Å². The van der Waals surface area contributed by atoms with E-state index in [0.29, 0.717) is 0 Å². The molecule has 0 spiro atoms. The van der Waals surface area contributed by atoms with Gasteiger partial charge in [-0.3, -0.25) is 0 Å². The molecule has 0 saturated heterocycles. The first-order valence-corrected chi connectivity index (χ1v) is 5.20. The van der Waals surface area contributed by atoms with Gasteiger partial charge in [0.1, 0.15) is 0 Å². The molecule has 0 bridgehead atoms. The van der Waals surface area contributed by atoms with E-state index in [1.807, 2.05) is 6.07 Å². The summed E-state index contributed by atoms with van der Waals surface area (Å²) in [5.41, 5.74) is 3.78.